The van der Waals surface area contributed by atoms with E-state index in [4.69, 9.17) is 26.3 Å². The van der Waals surface area contributed by atoms with E-state index in [9.17, 15) is 4.79 Å². The van der Waals surface area contributed by atoms with Gasteiger partial charge in [-0.15, -0.1) is 0 Å². The SMILES string of the molecule is Cn1ncc2c(-c3ccc(Cl)cc3F)nc(N3C[C@H](c4cnn(C5CC5)c4)O[C@@H](C4CC4)C3)nc2c1=O. The van der Waals surface area contributed by atoms with Crippen molar-refractivity contribution in [3.63, 3.8) is 0 Å². The molecule has 2 atom stereocenters. The molecule has 0 N–H and O–H groups in total. The van der Waals surface area contributed by atoms with E-state index in [0.717, 1.165) is 31.2 Å². The third-order valence-electron chi connectivity index (χ3n) is 7.45. The van der Waals surface area contributed by atoms with Crippen LogP contribution in [0.25, 0.3) is 22.2 Å². The van der Waals surface area contributed by atoms with Gasteiger partial charge >= 0.3 is 0 Å². The van der Waals surface area contributed by atoms with Crippen LogP contribution in [0.4, 0.5) is 10.3 Å². The minimum absolute atomic E-state index is 0.0123. The molecular weight excluding hydrogens is 497 g/mol. The summed E-state index contributed by atoms with van der Waals surface area (Å²) in [6, 6.07) is 4.90. The molecule has 190 valence electrons. The Bertz CT molecular complexity index is 1580. The van der Waals surface area contributed by atoms with E-state index in [2.05, 4.69) is 21.3 Å². The summed E-state index contributed by atoms with van der Waals surface area (Å²) in [4.78, 5) is 24.6. The van der Waals surface area contributed by atoms with Crippen LogP contribution < -0.4 is 10.5 Å². The van der Waals surface area contributed by atoms with Crippen LogP contribution >= 0.6 is 11.6 Å². The van der Waals surface area contributed by atoms with Gasteiger partial charge in [0.1, 0.15) is 17.4 Å². The van der Waals surface area contributed by atoms with E-state index in [0.29, 0.717) is 42.1 Å². The first-order valence-corrected chi connectivity index (χ1v) is 13.0. The smallest absolute Gasteiger partial charge is 0.293 e. The van der Waals surface area contributed by atoms with Gasteiger partial charge < -0.3 is 9.64 Å². The van der Waals surface area contributed by atoms with Crippen molar-refractivity contribution in [3.8, 4) is 11.3 Å². The van der Waals surface area contributed by atoms with Crippen molar-refractivity contribution in [2.45, 2.75) is 43.9 Å². The number of aromatic nitrogens is 6. The summed E-state index contributed by atoms with van der Waals surface area (Å²) < 4.78 is 24.8. The van der Waals surface area contributed by atoms with Gasteiger partial charge in [-0.25, -0.2) is 19.0 Å². The topological polar surface area (TPSA) is 91.0 Å². The predicted molar refractivity (Wildman–Crippen MR) is 136 cm³/mol. The quantitative estimate of drug-likeness (QED) is 0.391. The Morgan fingerprint density at radius 3 is 2.68 bits per heavy atom. The molecule has 1 saturated heterocycles. The summed E-state index contributed by atoms with van der Waals surface area (Å²) in [7, 11) is 1.57. The monoisotopic (exact) mass is 521 g/mol. The van der Waals surface area contributed by atoms with Gasteiger partial charge in [-0.05, 0) is 49.8 Å². The van der Waals surface area contributed by atoms with Gasteiger partial charge in [-0.3, -0.25) is 9.48 Å². The normalized spacial score (nSPS) is 22.1. The maximum atomic E-state index is 15.1. The second-order valence-electron chi connectivity index (χ2n) is 10.2. The van der Waals surface area contributed by atoms with Crippen molar-refractivity contribution < 1.29 is 9.13 Å². The summed E-state index contributed by atoms with van der Waals surface area (Å²) in [5.74, 6) is 0.325. The van der Waals surface area contributed by atoms with Gasteiger partial charge in [0.2, 0.25) is 5.95 Å². The number of aryl methyl sites for hydroxylation is 1. The van der Waals surface area contributed by atoms with Crippen LogP contribution in [0.1, 0.15) is 43.4 Å². The maximum absolute atomic E-state index is 15.1. The van der Waals surface area contributed by atoms with Crippen LogP contribution in [0.5, 0.6) is 0 Å². The molecule has 4 aromatic rings. The number of hydrogen-bond donors (Lipinski definition) is 0. The maximum Gasteiger partial charge on any atom is 0.293 e. The molecule has 0 spiro atoms. The van der Waals surface area contributed by atoms with Crippen LogP contribution in [0, 0.1) is 11.7 Å². The average Bonchev–Trinajstić information content (AvgIpc) is 3.84. The highest BCUT2D eigenvalue weighted by molar-refractivity contribution is 6.30. The molecule has 0 amide bonds. The molecule has 2 saturated carbocycles. The summed E-state index contributed by atoms with van der Waals surface area (Å²) >= 11 is 6.01. The Labute approximate surface area is 216 Å². The van der Waals surface area contributed by atoms with Crippen LogP contribution in [0.2, 0.25) is 5.02 Å². The molecule has 3 aliphatic rings. The van der Waals surface area contributed by atoms with Gasteiger partial charge in [0.05, 0.1) is 42.2 Å². The summed E-state index contributed by atoms with van der Waals surface area (Å²) in [6.07, 6.45) is 9.83. The fourth-order valence-corrected chi connectivity index (χ4v) is 5.20. The lowest BCUT2D eigenvalue weighted by atomic mass is 10.1. The van der Waals surface area contributed by atoms with E-state index in [-0.39, 0.29) is 33.9 Å². The van der Waals surface area contributed by atoms with E-state index < -0.39 is 5.82 Å². The molecule has 1 aliphatic heterocycles. The lowest BCUT2D eigenvalue weighted by Crippen LogP contribution is -2.46. The zero-order chi connectivity index (χ0) is 25.3. The number of ether oxygens (including phenoxy) is 1. The number of fused-ring (bicyclic) bond motifs is 1. The van der Waals surface area contributed by atoms with Crippen molar-refractivity contribution >= 4 is 28.5 Å². The van der Waals surface area contributed by atoms with Crippen molar-refractivity contribution in [2.75, 3.05) is 18.0 Å². The van der Waals surface area contributed by atoms with E-state index >= 15 is 4.39 Å². The standard InChI is InChI=1S/C26H25ClFN7O2/c1-33-25(36)24-19(10-29-33)23(18-7-4-16(27)8-20(18)28)31-26(32-24)34-12-21(14-2-3-14)37-22(13-34)15-9-30-35(11-15)17-5-6-17/h4,7-11,14,17,21-22H,2-3,5-6,12-13H2,1H3/t21-,22-/m1/s1. The number of halogens is 2. The minimum atomic E-state index is -0.526. The largest absolute Gasteiger partial charge is 0.366 e. The summed E-state index contributed by atoms with van der Waals surface area (Å²) in [5, 5.41) is 9.36. The Morgan fingerprint density at radius 1 is 1.08 bits per heavy atom. The number of anilines is 1. The van der Waals surface area contributed by atoms with E-state index in [1.54, 1.807) is 19.2 Å². The Morgan fingerprint density at radius 2 is 1.92 bits per heavy atom. The molecule has 9 nitrogen and oxygen atoms in total. The lowest BCUT2D eigenvalue weighted by molar-refractivity contribution is -0.0390. The molecule has 37 heavy (non-hydrogen) atoms. The van der Waals surface area contributed by atoms with Gasteiger partial charge in [0, 0.05) is 35.9 Å². The van der Waals surface area contributed by atoms with Crippen molar-refractivity contribution in [1.82, 2.24) is 29.5 Å². The highest BCUT2D eigenvalue weighted by Crippen LogP contribution is 2.41. The van der Waals surface area contributed by atoms with Crippen molar-refractivity contribution in [3.05, 3.63) is 63.5 Å². The summed E-state index contributed by atoms with van der Waals surface area (Å²) in [5.41, 5.74) is 1.40. The molecule has 0 unspecified atom stereocenters. The third-order valence-corrected chi connectivity index (χ3v) is 7.68. The molecule has 0 radical (unpaired) electrons. The Kier molecular flexibility index (Phi) is 5.30. The fourth-order valence-electron chi connectivity index (χ4n) is 5.04. The van der Waals surface area contributed by atoms with Gasteiger partial charge in [-0.2, -0.15) is 10.2 Å². The first kappa shape index (κ1) is 22.8. The summed E-state index contributed by atoms with van der Waals surface area (Å²) in [6.45, 7) is 1.09. The van der Waals surface area contributed by atoms with Gasteiger partial charge in [0.15, 0.2) is 0 Å². The first-order valence-electron chi connectivity index (χ1n) is 12.6. The molecule has 3 fully saturated rings. The lowest BCUT2D eigenvalue weighted by Gasteiger charge is -2.38. The number of hydrogen-bond acceptors (Lipinski definition) is 7. The number of benzene rings is 1. The van der Waals surface area contributed by atoms with E-state index in [1.807, 2.05) is 10.9 Å². The molecule has 11 heteroatoms. The molecule has 0 bridgehead atoms. The van der Waals surface area contributed by atoms with Crippen molar-refractivity contribution in [2.24, 2.45) is 13.0 Å². The van der Waals surface area contributed by atoms with Gasteiger partial charge in [0.25, 0.3) is 5.56 Å². The van der Waals surface area contributed by atoms with E-state index in [1.165, 1.54) is 16.9 Å². The second-order valence-corrected chi connectivity index (χ2v) is 10.7. The van der Waals surface area contributed by atoms with Crippen molar-refractivity contribution in [1.29, 1.82) is 0 Å². The zero-order valence-electron chi connectivity index (χ0n) is 20.2. The minimum Gasteiger partial charge on any atom is -0.366 e. The van der Waals surface area contributed by atoms with Crippen LogP contribution in [-0.4, -0.2) is 48.7 Å². The Balaban J connectivity index is 1.34. The van der Waals surface area contributed by atoms with Gasteiger partial charge in [-0.1, -0.05) is 11.6 Å². The molecule has 3 aromatic heterocycles. The predicted octanol–water partition coefficient (Wildman–Crippen LogP) is 4.07. The van der Waals surface area contributed by atoms with Crippen LogP contribution in [0.15, 0.2) is 41.6 Å². The van der Waals surface area contributed by atoms with Crippen LogP contribution in [0.3, 0.4) is 0 Å². The highest BCUT2D eigenvalue weighted by Gasteiger charge is 2.40. The second kappa shape index (κ2) is 8.59. The average molecular weight is 522 g/mol. The zero-order valence-corrected chi connectivity index (χ0v) is 21.0. The first-order chi connectivity index (χ1) is 17.9. The molecule has 4 heterocycles. The molecule has 1 aromatic carbocycles. The number of rotatable bonds is 5. The number of nitrogens with zero attached hydrogens (tertiary/aromatic N) is 7. The highest BCUT2D eigenvalue weighted by atomic mass is 35.5. The van der Waals surface area contributed by atoms with Crippen LogP contribution in [-0.2, 0) is 11.8 Å². The number of morpholine rings is 1. The molecule has 7 rings (SSSR count). The third kappa shape index (κ3) is 4.18. The Hall–Kier alpha value is -3.37. The molecule has 2 aliphatic carbocycles. The molecular formula is C26H25ClFN7O2. The fraction of sp³-hybridized carbons (Fsp3) is 0.423.